The van der Waals surface area contributed by atoms with Crippen molar-refractivity contribution in [3.63, 3.8) is 0 Å². The van der Waals surface area contributed by atoms with E-state index >= 15 is 0 Å². The van der Waals surface area contributed by atoms with Crippen molar-refractivity contribution in [2.24, 2.45) is 5.92 Å². The molecule has 0 spiro atoms. The molecule has 0 radical (unpaired) electrons. The third-order valence-electron chi connectivity index (χ3n) is 6.20. The highest BCUT2D eigenvalue weighted by Gasteiger charge is 2.21. The quantitative estimate of drug-likeness (QED) is 0.554. The molecular formula is C26H32N4O2. The summed E-state index contributed by atoms with van der Waals surface area (Å²) in [5.74, 6) is 1.46. The van der Waals surface area contributed by atoms with Crippen LogP contribution in [0, 0.1) is 12.8 Å². The van der Waals surface area contributed by atoms with E-state index in [0.717, 1.165) is 48.7 Å². The largest absolute Gasteiger partial charge is 0.497 e. The lowest BCUT2D eigenvalue weighted by molar-refractivity contribution is -0.116. The molecule has 1 saturated heterocycles. The van der Waals surface area contributed by atoms with E-state index in [-0.39, 0.29) is 5.91 Å². The van der Waals surface area contributed by atoms with E-state index in [4.69, 9.17) is 4.74 Å². The van der Waals surface area contributed by atoms with Crippen LogP contribution in [0.1, 0.15) is 36.8 Å². The molecule has 0 bridgehead atoms. The van der Waals surface area contributed by atoms with Crippen molar-refractivity contribution in [1.82, 2.24) is 14.7 Å². The summed E-state index contributed by atoms with van der Waals surface area (Å²) in [4.78, 5) is 15.0. The van der Waals surface area contributed by atoms with E-state index in [0.29, 0.717) is 12.3 Å². The first-order valence-electron chi connectivity index (χ1n) is 11.4. The van der Waals surface area contributed by atoms with Crippen molar-refractivity contribution >= 4 is 11.6 Å². The molecule has 2 heterocycles. The fourth-order valence-corrected chi connectivity index (χ4v) is 4.42. The summed E-state index contributed by atoms with van der Waals surface area (Å²) in [6.45, 7) is 5.11. The Morgan fingerprint density at radius 2 is 2.06 bits per heavy atom. The van der Waals surface area contributed by atoms with Gasteiger partial charge in [0, 0.05) is 37.6 Å². The molecule has 3 aromatic rings. The summed E-state index contributed by atoms with van der Waals surface area (Å²) in [5.41, 5.74) is 4.27. The van der Waals surface area contributed by atoms with E-state index in [1.807, 2.05) is 42.1 Å². The summed E-state index contributed by atoms with van der Waals surface area (Å²) < 4.78 is 7.11. The predicted molar refractivity (Wildman–Crippen MR) is 127 cm³/mol. The van der Waals surface area contributed by atoms with Crippen LogP contribution < -0.4 is 10.1 Å². The van der Waals surface area contributed by atoms with Crippen molar-refractivity contribution in [2.45, 2.75) is 39.2 Å². The van der Waals surface area contributed by atoms with E-state index in [9.17, 15) is 4.79 Å². The highest BCUT2D eigenvalue weighted by Crippen LogP contribution is 2.24. The number of ether oxygens (including phenoxy) is 1. The van der Waals surface area contributed by atoms with Gasteiger partial charge in [0.15, 0.2) is 0 Å². The number of piperidine rings is 1. The second kappa shape index (κ2) is 10.5. The number of methoxy groups -OCH3 is 1. The fraction of sp³-hybridized carbons (Fsp3) is 0.385. The van der Waals surface area contributed by atoms with Crippen LogP contribution >= 0.6 is 0 Å². The number of amides is 1. The topological polar surface area (TPSA) is 59.4 Å². The van der Waals surface area contributed by atoms with Gasteiger partial charge in [-0.25, -0.2) is 4.68 Å². The number of benzene rings is 2. The Bertz CT molecular complexity index is 1010. The molecule has 1 amide bonds. The standard InChI is InChI=1S/C26H32N4O2/c1-20-17-24(32-2)11-12-25(20)28-26(31)13-8-21-5-3-15-29(18-21)19-22-6-9-23(10-7-22)30-16-4-14-27-30/h4,6-7,9-12,14,16-17,21H,3,5,8,13,15,18-19H2,1-2H3,(H,28,31)/t21-/m0/s1. The van der Waals surface area contributed by atoms with Gasteiger partial charge in [0.2, 0.25) is 5.91 Å². The Kier molecular flexibility index (Phi) is 7.22. The highest BCUT2D eigenvalue weighted by atomic mass is 16.5. The zero-order valence-electron chi connectivity index (χ0n) is 19.0. The first-order chi connectivity index (χ1) is 15.6. The normalized spacial score (nSPS) is 16.6. The van der Waals surface area contributed by atoms with Crippen molar-refractivity contribution in [3.05, 3.63) is 72.1 Å². The van der Waals surface area contributed by atoms with Gasteiger partial charge in [0.1, 0.15) is 5.75 Å². The SMILES string of the molecule is COc1ccc(NC(=O)CC[C@@H]2CCCN(Cc3ccc(-n4cccn4)cc3)C2)c(C)c1. The van der Waals surface area contributed by atoms with Crippen LogP contribution in [-0.4, -0.2) is 40.8 Å². The Balaban J connectivity index is 1.24. The molecule has 0 saturated carbocycles. The van der Waals surface area contributed by atoms with E-state index < -0.39 is 0 Å². The van der Waals surface area contributed by atoms with E-state index in [2.05, 4.69) is 39.6 Å². The summed E-state index contributed by atoms with van der Waals surface area (Å²) >= 11 is 0. The third-order valence-corrected chi connectivity index (χ3v) is 6.20. The molecule has 1 aromatic heterocycles. The number of aromatic nitrogens is 2. The minimum atomic E-state index is 0.0876. The molecule has 1 N–H and O–H groups in total. The number of likely N-dealkylation sites (tertiary alicyclic amines) is 1. The number of hydrogen-bond donors (Lipinski definition) is 1. The second-order valence-electron chi connectivity index (χ2n) is 8.63. The number of carbonyl (C=O) groups is 1. The van der Waals surface area contributed by atoms with Gasteiger partial charge in [-0.15, -0.1) is 0 Å². The zero-order chi connectivity index (χ0) is 22.3. The minimum Gasteiger partial charge on any atom is -0.497 e. The van der Waals surface area contributed by atoms with Crippen LogP contribution in [0.4, 0.5) is 5.69 Å². The monoisotopic (exact) mass is 432 g/mol. The third kappa shape index (κ3) is 5.77. The Hall–Kier alpha value is -3.12. The summed E-state index contributed by atoms with van der Waals surface area (Å²) in [6.07, 6.45) is 7.62. The van der Waals surface area contributed by atoms with Crippen LogP contribution in [0.5, 0.6) is 5.75 Å². The van der Waals surface area contributed by atoms with Crippen LogP contribution in [0.15, 0.2) is 60.9 Å². The van der Waals surface area contributed by atoms with Gasteiger partial charge in [-0.05, 0) is 86.2 Å². The van der Waals surface area contributed by atoms with Crippen LogP contribution in [0.25, 0.3) is 5.69 Å². The molecule has 0 unspecified atom stereocenters. The fourth-order valence-electron chi connectivity index (χ4n) is 4.42. The molecule has 6 nitrogen and oxygen atoms in total. The van der Waals surface area contributed by atoms with Crippen molar-refractivity contribution in [1.29, 1.82) is 0 Å². The van der Waals surface area contributed by atoms with E-state index in [1.54, 1.807) is 13.3 Å². The molecular weight excluding hydrogens is 400 g/mol. The van der Waals surface area contributed by atoms with Crippen molar-refractivity contribution in [3.8, 4) is 11.4 Å². The Morgan fingerprint density at radius 3 is 2.78 bits per heavy atom. The Labute approximate surface area is 190 Å². The second-order valence-corrected chi connectivity index (χ2v) is 8.63. The number of nitrogens with zero attached hydrogens (tertiary/aromatic N) is 3. The summed E-state index contributed by atoms with van der Waals surface area (Å²) in [7, 11) is 1.65. The van der Waals surface area contributed by atoms with Gasteiger partial charge in [-0.3, -0.25) is 9.69 Å². The molecule has 6 heteroatoms. The zero-order valence-corrected chi connectivity index (χ0v) is 19.0. The van der Waals surface area contributed by atoms with Crippen molar-refractivity contribution in [2.75, 3.05) is 25.5 Å². The molecule has 1 fully saturated rings. The molecule has 1 atom stereocenters. The van der Waals surface area contributed by atoms with Gasteiger partial charge in [0.25, 0.3) is 0 Å². The highest BCUT2D eigenvalue weighted by molar-refractivity contribution is 5.91. The molecule has 32 heavy (non-hydrogen) atoms. The molecule has 168 valence electrons. The average molecular weight is 433 g/mol. The lowest BCUT2D eigenvalue weighted by Gasteiger charge is -2.32. The van der Waals surface area contributed by atoms with Gasteiger partial charge < -0.3 is 10.1 Å². The first-order valence-corrected chi connectivity index (χ1v) is 11.4. The molecule has 1 aliphatic rings. The Morgan fingerprint density at radius 1 is 1.22 bits per heavy atom. The van der Waals surface area contributed by atoms with Gasteiger partial charge in [-0.1, -0.05) is 12.1 Å². The van der Waals surface area contributed by atoms with Gasteiger partial charge in [-0.2, -0.15) is 5.10 Å². The molecule has 0 aliphatic carbocycles. The minimum absolute atomic E-state index is 0.0876. The average Bonchev–Trinajstić information content (AvgIpc) is 3.35. The predicted octanol–water partition coefficient (Wildman–Crippen LogP) is 4.82. The number of nitrogens with one attached hydrogen (secondary N) is 1. The maximum Gasteiger partial charge on any atom is 0.224 e. The lowest BCUT2D eigenvalue weighted by Crippen LogP contribution is -2.35. The lowest BCUT2D eigenvalue weighted by atomic mass is 9.93. The smallest absolute Gasteiger partial charge is 0.224 e. The number of carbonyl (C=O) groups excluding carboxylic acids is 1. The number of aryl methyl sites for hydroxylation is 1. The number of hydrogen-bond acceptors (Lipinski definition) is 4. The number of rotatable bonds is 8. The maximum atomic E-state index is 12.5. The molecule has 1 aliphatic heterocycles. The van der Waals surface area contributed by atoms with Crippen molar-refractivity contribution < 1.29 is 9.53 Å². The summed E-state index contributed by atoms with van der Waals surface area (Å²) in [5, 5.41) is 7.34. The first kappa shape index (κ1) is 22.1. The number of anilines is 1. The van der Waals surface area contributed by atoms with Crippen LogP contribution in [0.2, 0.25) is 0 Å². The van der Waals surface area contributed by atoms with Gasteiger partial charge in [0.05, 0.1) is 12.8 Å². The maximum absolute atomic E-state index is 12.5. The molecule has 2 aromatic carbocycles. The van der Waals surface area contributed by atoms with Gasteiger partial charge >= 0.3 is 0 Å². The van der Waals surface area contributed by atoms with E-state index in [1.165, 1.54) is 18.4 Å². The molecule has 4 rings (SSSR count). The summed E-state index contributed by atoms with van der Waals surface area (Å²) in [6, 6.07) is 16.3. The van der Waals surface area contributed by atoms with Crippen LogP contribution in [-0.2, 0) is 11.3 Å². The van der Waals surface area contributed by atoms with Crippen LogP contribution in [0.3, 0.4) is 0 Å².